The van der Waals surface area contributed by atoms with E-state index >= 15 is 0 Å². The number of carboxylic acid groups (broad SMARTS) is 1. The van der Waals surface area contributed by atoms with Gasteiger partial charge in [0.15, 0.2) is 0 Å². The molecular weight excluding hydrogens is 288 g/mol. The number of benzene rings is 1. The van der Waals surface area contributed by atoms with Crippen molar-refractivity contribution in [2.24, 2.45) is 14.1 Å². The minimum Gasteiger partial charge on any atom is -0.492 e. The van der Waals surface area contributed by atoms with Gasteiger partial charge in [-0.3, -0.25) is 4.79 Å². The van der Waals surface area contributed by atoms with E-state index in [1.54, 1.807) is 29.4 Å². The number of pyridine rings is 1. The van der Waals surface area contributed by atoms with Crippen molar-refractivity contribution in [1.29, 1.82) is 0 Å². The highest BCUT2D eigenvalue weighted by molar-refractivity contribution is 6.06. The molecule has 8 nitrogen and oxygen atoms in total. The van der Waals surface area contributed by atoms with Crippen LogP contribution in [0, 0.1) is 0 Å². The molecule has 0 radical (unpaired) electrons. The fraction of sp³-hybridized carbons (Fsp3) is 0.286. The molecule has 114 valence electrons. The second kappa shape index (κ2) is 4.83. The molecule has 2 heterocycles. The molecule has 8 heteroatoms. The number of hydrogen-bond acceptors (Lipinski definition) is 5. The number of carbonyl (C=O) groups is 1. The van der Waals surface area contributed by atoms with E-state index in [9.17, 15) is 9.59 Å². The SMILES string of the molecule is CCOc1cc2c(=O)c(C(=O)O)cn(C)c2c2nnn(C)c12. The summed E-state index contributed by atoms with van der Waals surface area (Å²) in [5.41, 5.74) is 0.837. The van der Waals surface area contributed by atoms with Crippen molar-refractivity contribution in [3.8, 4) is 5.75 Å². The topological polar surface area (TPSA) is 99.2 Å². The third kappa shape index (κ3) is 1.84. The van der Waals surface area contributed by atoms with Gasteiger partial charge in [0.2, 0.25) is 5.43 Å². The van der Waals surface area contributed by atoms with Crippen molar-refractivity contribution in [2.75, 3.05) is 6.61 Å². The summed E-state index contributed by atoms with van der Waals surface area (Å²) in [5, 5.41) is 17.5. The molecule has 0 saturated heterocycles. The Bertz CT molecular complexity index is 971. The highest BCUT2D eigenvalue weighted by atomic mass is 16.5. The Balaban J connectivity index is 2.57. The molecule has 2 aromatic heterocycles. The van der Waals surface area contributed by atoms with E-state index in [4.69, 9.17) is 9.84 Å². The molecule has 0 bridgehead atoms. The molecule has 0 fully saturated rings. The Morgan fingerprint density at radius 1 is 1.36 bits per heavy atom. The van der Waals surface area contributed by atoms with Crippen LogP contribution < -0.4 is 10.2 Å². The standard InChI is InChI=1S/C14H14N4O4/c1-4-22-9-5-7-11(10-12(9)18(3)16-15-10)17(2)6-8(13(7)19)14(20)21/h5-6H,4H2,1-3H3,(H,20,21). The van der Waals surface area contributed by atoms with Crippen molar-refractivity contribution in [2.45, 2.75) is 6.92 Å². The number of ether oxygens (including phenoxy) is 1. The van der Waals surface area contributed by atoms with Gasteiger partial charge in [0, 0.05) is 20.3 Å². The maximum absolute atomic E-state index is 12.4. The molecule has 0 saturated carbocycles. The lowest BCUT2D eigenvalue weighted by molar-refractivity contribution is 0.0695. The van der Waals surface area contributed by atoms with Crippen LogP contribution in [0.5, 0.6) is 5.75 Å². The molecule has 0 atom stereocenters. The molecule has 0 amide bonds. The number of carboxylic acids is 1. The Morgan fingerprint density at radius 2 is 2.09 bits per heavy atom. The van der Waals surface area contributed by atoms with Crippen LogP contribution in [0.1, 0.15) is 17.3 Å². The van der Waals surface area contributed by atoms with Crippen molar-refractivity contribution >= 4 is 27.9 Å². The summed E-state index contributed by atoms with van der Waals surface area (Å²) < 4.78 is 8.71. The summed E-state index contributed by atoms with van der Waals surface area (Å²) in [6.07, 6.45) is 1.29. The largest absolute Gasteiger partial charge is 0.492 e. The van der Waals surface area contributed by atoms with Crippen LogP contribution in [-0.2, 0) is 14.1 Å². The summed E-state index contributed by atoms with van der Waals surface area (Å²) in [7, 11) is 3.40. The summed E-state index contributed by atoms with van der Waals surface area (Å²) in [5.74, 6) is -0.808. The van der Waals surface area contributed by atoms with Crippen molar-refractivity contribution < 1.29 is 14.6 Å². The lowest BCUT2D eigenvalue weighted by atomic mass is 10.1. The number of aryl methyl sites for hydroxylation is 2. The van der Waals surface area contributed by atoms with E-state index < -0.39 is 11.4 Å². The summed E-state index contributed by atoms with van der Waals surface area (Å²) >= 11 is 0. The molecule has 0 unspecified atom stereocenters. The number of fused-ring (bicyclic) bond motifs is 3. The fourth-order valence-electron chi connectivity index (χ4n) is 2.60. The number of nitrogens with zero attached hydrogens (tertiary/aromatic N) is 4. The smallest absolute Gasteiger partial charge is 0.341 e. The molecule has 0 aliphatic carbocycles. The fourth-order valence-corrected chi connectivity index (χ4v) is 2.60. The molecular formula is C14H14N4O4. The first-order valence-electron chi connectivity index (χ1n) is 6.67. The van der Waals surface area contributed by atoms with Gasteiger partial charge in [-0.05, 0) is 13.0 Å². The van der Waals surface area contributed by atoms with Crippen LogP contribution >= 0.6 is 0 Å². The minimum absolute atomic E-state index is 0.249. The van der Waals surface area contributed by atoms with E-state index in [1.807, 2.05) is 6.92 Å². The van der Waals surface area contributed by atoms with Crippen LogP contribution in [0.3, 0.4) is 0 Å². The zero-order valence-electron chi connectivity index (χ0n) is 12.3. The van der Waals surface area contributed by atoms with E-state index in [1.165, 1.54) is 6.20 Å². The molecule has 0 aliphatic heterocycles. The summed E-state index contributed by atoms with van der Waals surface area (Å²) in [6.45, 7) is 2.23. The van der Waals surface area contributed by atoms with Gasteiger partial charge in [-0.15, -0.1) is 5.10 Å². The van der Waals surface area contributed by atoms with Gasteiger partial charge < -0.3 is 14.4 Å². The average Bonchev–Trinajstić information content (AvgIpc) is 2.85. The van der Waals surface area contributed by atoms with Gasteiger partial charge in [0.25, 0.3) is 0 Å². The second-order valence-corrected chi connectivity index (χ2v) is 4.90. The van der Waals surface area contributed by atoms with Crippen molar-refractivity contribution in [1.82, 2.24) is 19.6 Å². The molecule has 0 aliphatic rings. The zero-order valence-corrected chi connectivity index (χ0v) is 12.3. The van der Waals surface area contributed by atoms with Crippen molar-refractivity contribution in [3.63, 3.8) is 0 Å². The third-order valence-corrected chi connectivity index (χ3v) is 3.51. The molecule has 0 spiro atoms. The van der Waals surface area contributed by atoms with Crippen molar-refractivity contribution in [3.05, 3.63) is 28.0 Å². The monoisotopic (exact) mass is 302 g/mol. The van der Waals surface area contributed by atoms with Gasteiger partial charge >= 0.3 is 5.97 Å². The Hall–Kier alpha value is -2.90. The number of hydrogen-bond donors (Lipinski definition) is 1. The third-order valence-electron chi connectivity index (χ3n) is 3.51. The van der Waals surface area contributed by atoms with Crippen LogP contribution in [0.25, 0.3) is 21.9 Å². The van der Waals surface area contributed by atoms with Gasteiger partial charge in [0.05, 0.1) is 17.5 Å². The van der Waals surface area contributed by atoms with E-state index in [0.29, 0.717) is 28.9 Å². The quantitative estimate of drug-likeness (QED) is 0.772. The number of aromatic nitrogens is 4. The average molecular weight is 302 g/mol. The van der Waals surface area contributed by atoms with Crippen LogP contribution in [-0.4, -0.2) is 37.2 Å². The summed E-state index contributed by atoms with van der Waals surface area (Å²) in [4.78, 5) is 23.6. The summed E-state index contributed by atoms with van der Waals surface area (Å²) in [6, 6.07) is 1.55. The van der Waals surface area contributed by atoms with E-state index in [-0.39, 0.29) is 10.9 Å². The lowest BCUT2D eigenvalue weighted by Gasteiger charge is -2.11. The maximum Gasteiger partial charge on any atom is 0.341 e. The zero-order chi connectivity index (χ0) is 16.0. The highest BCUT2D eigenvalue weighted by Gasteiger charge is 2.20. The van der Waals surface area contributed by atoms with Gasteiger partial charge in [-0.2, -0.15) is 0 Å². The molecule has 3 rings (SSSR count). The molecule has 1 N–H and O–H groups in total. The van der Waals surface area contributed by atoms with Gasteiger partial charge in [-0.1, -0.05) is 5.21 Å². The van der Waals surface area contributed by atoms with Gasteiger partial charge in [0.1, 0.15) is 22.3 Å². The first kappa shape index (κ1) is 14.1. The Kier molecular flexibility index (Phi) is 3.09. The van der Waals surface area contributed by atoms with Crippen LogP contribution in [0.2, 0.25) is 0 Å². The predicted molar refractivity (Wildman–Crippen MR) is 79.4 cm³/mol. The molecule has 3 aromatic rings. The molecule has 22 heavy (non-hydrogen) atoms. The Morgan fingerprint density at radius 3 is 2.73 bits per heavy atom. The number of rotatable bonds is 3. The van der Waals surface area contributed by atoms with E-state index in [0.717, 1.165) is 0 Å². The van der Waals surface area contributed by atoms with Crippen LogP contribution in [0.4, 0.5) is 0 Å². The predicted octanol–water partition coefficient (Wildman–Crippen LogP) is 0.917. The maximum atomic E-state index is 12.4. The minimum atomic E-state index is -1.26. The van der Waals surface area contributed by atoms with Gasteiger partial charge in [-0.25, -0.2) is 9.48 Å². The highest BCUT2D eigenvalue weighted by Crippen LogP contribution is 2.30. The lowest BCUT2D eigenvalue weighted by Crippen LogP contribution is -2.18. The number of aromatic carboxylic acids is 1. The normalized spacial score (nSPS) is 11.2. The Labute approximate surface area is 124 Å². The van der Waals surface area contributed by atoms with E-state index in [2.05, 4.69) is 10.3 Å². The second-order valence-electron chi connectivity index (χ2n) is 4.90. The first-order valence-corrected chi connectivity index (χ1v) is 6.67. The van der Waals surface area contributed by atoms with Crippen LogP contribution in [0.15, 0.2) is 17.1 Å². The molecule has 1 aromatic carbocycles. The first-order chi connectivity index (χ1) is 10.5.